The van der Waals surface area contributed by atoms with Crippen LogP contribution in [0.3, 0.4) is 0 Å². The van der Waals surface area contributed by atoms with Gasteiger partial charge in [0.2, 0.25) is 0 Å². The predicted octanol–water partition coefficient (Wildman–Crippen LogP) is 0.883. The van der Waals surface area contributed by atoms with Crippen molar-refractivity contribution >= 4 is 17.7 Å². The normalized spacial score (nSPS) is 22.5. The lowest BCUT2D eigenvalue weighted by Gasteiger charge is -2.28. The molecule has 0 aromatic carbocycles. The van der Waals surface area contributed by atoms with E-state index in [0.29, 0.717) is 29.9 Å². The third-order valence-corrected chi connectivity index (χ3v) is 3.83. The van der Waals surface area contributed by atoms with E-state index in [9.17, 15) is 9.59 Å². The van der Waals surface area contributed by atoms with Gasteiger partial charge in [-0.2, -0.15) is 5.10 Å². The third kappa shape index (κ3) is 2.76. The minimum atomic E-state index is -0.757. The lowest BCUT2D eigenvalue weighted by atomic mass is 9.86. The zero-order chi connectivity index (χ0) is 14.9. The van der Waals surface area contributed by atoms with Crippen molar-refractivity contribution in [2.75, 3.05) is 5.32 Å². The number of aliphatic carboxylic acids is 1. The van der Waals surface area contributed by atoms with Gasteiger partial charge in [0.1, 0.15) is 11.4 Å². The summed E-state index contributed by atoms with van der Waals surface area (Å²) in [6, 6.07) is 0.0257. The minimum absolute atomic E-state index is 0.0257. The summed E-state index contributed by atoms with van der Waals surface area (Å²) in [7, 11) is 1.74. The number of rotatable bonds is 4. The zero-order valence-corrected chi connectivity index (χ0v) is 11.7. The van der Waals surface area contributed by atoms with Gasteiger partial charge in [-0.1, -0.05) is 6.42 Å². The van der Waals surface area contributed by atoms with Crippen LogP contribution in [0.25, 0.3) is 0 Å². The van der Waals surface area contributed by atoms with E-state index in [1.807, 2.05) is 0 Å². The lowest BCUT2D eigenvalue weighted by molar-refractivity contribution is -0.142. The molecule has 1 amide bonds. The van der Waals surface area contributed by atoms with Gasteiger partial charge in [0.25, 0.3) is 5.91 Å². The molecule has 0 spiro atoms. The molecule has 1 aliphatic rings. The molecule has 20 heavy (non-hydrogen) atoms. The largest absolute Gasteiger partial charge is 0.481 e. The molecule has 2 rings (SSSR count). The van der Waals surface area contributed by atoms with E-state index >= 15 is 0 Å². The third-order valence-electron chi connectivity index (χ3n) is 3.83. The molecule has 0 saturated heterocycles. The van der Waals surface area contributed by atoms with Crippen molar-refractivity contribution in [3.8, 4) is 0 Å². The molecule has 110 valence electrons. The second-order valence-corrected chi connectivity index (χ2v) is 5.34. The van der Waals surface area contributed by atoms with Crippen molar-refractivity contribution in [3.63, 3.8) is 0 Å². The molecular formula is C13H20N4O3. The Morgan fingerprint density at radius 1 is 1.45 bits per heavy atom. The maximum Gasteiger partial charge on any atom is 0.306 e. The van der Waals surface area contributed by atoms with Gasteiger partial charge >= 0.3 is 5.97 Å². The number of carboxylic acids is 1. The van der Waals surface area contributed by atoms with Crippen LogP contribution in [-0.4, -0.2) is 32.8 Å². The molecule has 1 aliphatic carbocycles. The number of carbonyl (C=O) groups is 2. The average Bonchev–Trinajstić information content (AvgIpc) is 2.64. The van der Waals surface area contributed by atoms with Crippen molar-refractivity contribution in [3.05, 3.63) is 11.3 Å². The molecule has 4 N–H and O–H groups in total. The van der Waals surface area contributed by atoms with Crippen LogP contribution in [0.5, 0.6) is 0 Å². The van der Waals surface area contributed by atoms with E-state index < -0.39 is 11.9 Å². The Morgan fingerprint density at radius 2 is 2.15 bits per heavy atom. The molecule has 0 bridgehead atoms. The first-order valence-electron chi connectivity index (χ1n) is 6.73. The first-order valence-corrected chi connectivity index (χ1v) is 6.73. The molecule has 0 aliphatic heterocycles. The Bertz CT molecular complexity index is 538. The molecule has 1 aromatic rings. The second-order valence-electron chi connectivity index (χ2n) is 5.34. The highest BCUT2D eigenvalue weighted by molar-refractivity contribution is 5.98. The van der Waals surface area contributed by atoms with E-state index in [1.54, 1.807) is 18.7 Å². The Hall–Kier alpha value is -2.05. The summed E-state index contributed by atoms with van der Waals surface area (Å²) in [5.74, 6) is -1.03. The number of amides is 1. The molecule has 2 atom stereocenters. The van der Waals surface area contributed by atoms with Crippen LogP contribution in [0.1, 0.15) is 41.7 Å². The van der Waals surface area contributed by atoms with Gasteiger partial charge in [-0.25, -0.2) is 0 Å². The van der Waals surface area contributed by atoms with E-state index in [-0.39, 0.29) is 12.0 Å². The first kappa shape index (κ1) is 14.4. The van der Waals surface area contributed by atoms with Crippen LogP contribution in [0.4, 0.5) is 5.82 Å². The number of nitrogens with zero attached hydrogens (tertiary/aromatic N) is 2. The number of anilines is 1. The van der Waals surface area contributed by atoms with Crippen molar-refractivity contribution in [1.82, 2.24) is 9.78 Å². The first-order chi connectivity index (χ1) is 9.40. The summed E-state index contributed by atoms with van der Waals surface area (Å²) in [5, 5.41) is 16.5. The van der Waals surface area contributed by atoms with Gasteiger partial charge in [-0.05, 0) is 26.2 Å². The molecule has 7 heteroatoms. The summed E-state index contributed by atoms with van der Waals surface area (Å²) >= 11 is 0. The highest BCUT2D eigenvalue weighted by atomic mass is 16.4. The zero-order valence-electron chi connectivity index (χ0n) is 11.7. The van der Waals surface area contributed by atoms with Crippen LogP contribution in [0.2, 0.25) is 0 Å². The van der Waals surface area contributed by atoms with Gasteiger partial charge < -0.3 is 16.2 Å². The van der Waals surface area contributed by atoms with Gasteiger partial charge in [0.15, 0.2) is 0 Å². The van der Waals surface area contributed by atoms with E-state index in [2.05, 4.69) is 10.4 Å². The van der Waals surface area contributed by atoms with E-state index in [4.69, 9.17) is 10.8 Å². The van der Waals surface area contributed by atoms with Crippen LogP contribution in [0, 0.1) is 12.8 Å². The fourth-order valence-electron chi connectivity index (χ4n) is 2.86. The SMILES string of the molecule is Cc1nn(C)c(NC2CCCC(C(=O)O)C2)c1C(N)=O. The second kappa shape index (κ2) is 5.52. The van der Waals surface area contributed by atoms with Crippen molar-refractivity contribution < 1.29 is 14.7 Å². The highest BCUT2D eigenvalue weighted by Gasteiger charge is 2.28. The monoisotopic (exact) mass is 280 g/mol. The molecule has 1 heterocycles. The van der Waals surface area contributed by atoms with Crippen molar-refractivity contribution in [1.29, 1.82) is 0 Å². The number of primary amides is 1. The summed E-state index contributed by atoms with van der Waals surface area (Å²) < 4.78 is 1.58. The lowest BCUT2D eigenvalue weighted by Crippen LogP contribution is -2.32. The van der Waals surface area contributed by atoms with Crippen LogP contribution >= 0.6 is 0 Å². The van der Waals surface area contributed by atoms with Gasteiger partial charge in [-0.15, -0.1) is 0 Å². The number of hydrogen-bond donors (Lipinski definition) is 3. The van der Waals surface area contributed by atoms with Crippen LogP contribution in [-0.2, 0) is 11.8 Å². The fourth-order valence-corrected chi connectivity index (χ4v) is 2.86. The number of carboxylic acid groups (broad SMARTS) is 1. The Balaban J connectivity index is 2.18. The summed E-state index contributed by atoms with van der Waals surface area (Å²) in [5.41, 5.74) is 6.34. The maximum absolute atomic E-state index is 11.5. The molecule has 1 aromatic heterocycles. The molecule has 1 saturated carbocycles. The number of nitrogens with two attached hydrogens (primary N) is 1. The topological polar surface area (TPSA) is 110 Å². The summed E-state index contributed by atoms with van der Waals surface area (Å²) in [4.78, 5) is 22.6. The smallest absolute Gasteiger partial charge is 0.306 e. The molecule has 7 nitrogen and oxygen atoms in total. The maximum atomic E-state index is 11.5. The van der Waals surface area contributed by atoms with Gasteiger partial charge in [0, 0.05) is 13.1 Å². The number of nitrogens with one attached hydrogen (secondary N) is 1. The Labute approximate surface area is 117 Å². The Morgan fingerprint density at radius 3 is 2.75 bits per heavy atom. The quantitative estimate of drug-likeness (QED) is 0.758. The van der Waals surface area contributed by atoms with Gasteiger partial charge in [-0.3, -0.25) is 14.3 Å². The van der Waals surface area contributed by atoms with E-state index in [0.717, 1.165) is 12.8 Å². The number of aryl methyl sites for hydroxylation is 2. The standard InChI is InChI=1S/C13H20N4O3/c1-7-10(11(14)18)12(17(2)16-7)15-9-5-3-4-8(6-9)13(19)20/h8-9,15H,3-6H2,1-2H3,(H2,14,18)(H,19,20). The van der Waals surface area contributed by atoms with E-state index in [1.165, 1.54) is 0 Å². The van der Waals surface area contributed by atoms with Crippen molar-refractivity contribution in [2.45, 2.75) is 38.6 Å². The van der Waals surface area contributed by atoms with Gasteiger partial charge in [0.05, 0.1) is 11.6 Å². The molecule has 2 unspecified atom stereocenters. The molecule has 0 radical (unpaired) electrons. The number of hydrogen-bond acceptors (Lipinski definition) is 4. The summed E-state index contributed by atoms with van der Waals surface area (Å²) in [6.45, 7) is 1.73. The number of carbonyl (C=O) groups excluding carboxylic acids is 1. The number of aromatic nitrogens is 2. The Kier molecular flexibility index (Phi) is 3.96. The predicted molar refractivity (Wildman–Crippen MR) is 73.5 cm³/mol. The van der Waals surface area contributed by atoms with Crippen LogP contribution in [0.15, 0.2) is 0 Å². The average molecular weight is 280 g/mol. The minimum Gasteiger partial charge on any atom is -0.481 e. The summed E-state index contributed by atoms with van der Waals surface area (Å²) in [6.07, 6.45) is 3.00. The highest BCUT2D eigenvalue weighted by Crippen LogP contribution is 2.28. The molecular weight excluding hydrogens is 260 g/mol. The van der Waals surface area contributed by atoms with Crippen LogP contribution < -0.4 is 11.1 Å². The fraction of sp³-hybridized carbons (Fsp3) is 0.615. The van der Waals surface area contributed by atoms with Crippen molar-refractivity contribution in [2.24, 2.45) is 18.7 Å². The molecule has 1 fully saturated rings.